The highest BCUT2D eigenvalue weighted by Crippen LogP contribution is 2.35. The highest BCUT2D eigenvalue weighted by molar-refractivity contribution is 7.94. The topological polar surface area (TPSA) is 68.2 Å². The standard InChI is InChI=1S/C18H27NO5S/c1-17(2,21)18(3,4)24-25-13-6-7-14(16(20)22-5)15(12-13)19-8-10-23-11-9-19/h6-7,12,21H,8-11H2,1-5H3. The van der Waals surface area contributed by atoms with Gasteiger partial charge in [-0.2, -0.15) is 0 Å². The van der Waals surface area contributed by atoms with Crippen LogP contribution in [0.3, 0.4) is 0 Å². The molecule has 1 fully saturated rings. The lowest BCUT2D eigenvalue weighted by Gasteiger charge is -2.36. The molecule has 25 heavy (non-hydrogen) atoms. The fourth-order valence-electron chi connectivity index (χ4n) is 2.17. The molecule has 0 aromatic heterocycles. The number of rotatable bonds is 6. The number of esters is 1. The molecule has 0 saturated carbocycles. The third-order valence-corrected chi connectivity index (χ3v) is 5.49. The van der Waals surface area contributed by atoms with Crippen molar-refractivity contribution in [2.75, 3.05) is 38.3 Å². The van der Waals surface area contributed by atoms with E-state index in [1.165, 1.54) is 19.2 Å². The van der Waals surface area contributed by atoms with Gasteiger partial charge in [0.2, 0.25) is 0 Å². The summed E-state index contributed by atoms with van der Waals surface area (Å²) < 4.78 is 16.1. The second-order valence-corrected chi connectivity index (χ2v) is 7.81. The molecule has 0 spiro atoms. The number of anilines is 1. The van der Waals surface area contributed by atoms with Gasteiger partial charge in [-0.3, -0.25) is 0 Å². The van der Waals surface area contributed by atoms with Crippen molar-refractivity contribution in [1.29, 1.82) is 0 Å². The van der Waals surface area contributed by atoms with E-state index in [-0.39, 0.29) is 5.97 Å². The predicted molar refractivity (Wildman–Crippen MR) is 98.1 cm³/mol. The summed E-state index contributed by atoms with van der Waals surface area (Å²) in [6.07, 6.45) is 0. The second kappa shape index (κ2) is 7.95. The summed E-state index contributed by atoms with van der Waals surface area (Å²) >= 11 is 1.19. The summed E-state index contributed by atoms with van der Waals surface area (Å²) in [6, 6.07) is 5.49. The number of carbonyl (C=O) groups excluding carboxylic acids is 1. The molecule has 1 aromatic carbocycles. The van der Waals surface area contributed by atoms with E-state index in [0.29, 0.717) is 31.9 Å². The van der Waals surface area contributed by atoms with E-state index in [0.717, 1.165) is 10.6 Å². The van der Waals surface area contributed by atoms with Gasteiger partial charge in [0.25, 0.3) is 0 Å². The van der Waals surface area contributed by atoms with Crippen LogP contribution in [0.25, 0.3) is 0 Å². The first-order valence-electron chi connectivity index (χ1n) is 8.29. The first-order chi connectivity index (χ1) is 11.7. The number of methoxy groups -OCH3 is 1. The molecule has 1 aliphatic rings. The number of hydrogen-bond donors (Lipinski definition) is 1. The Morgan fingerprint density at radius 2 is 1.88 bits per heavy atom. The van der Waals surface area contributed by atoms with E-state index in [1.807, 2.05) is 26.0 Å². The molecule has 0 bridgehead atoms. The summed E-state index contributed by atoms with van der Waals surface area (Å²) in [6.45, 7) is 9.79. The van der Waals surface area contributed by atoms with Crippen molar-refractivity contribution in [1.82, 2.24) is 0 Å². The Hall–Kier alpha value is -1.28. The minimum Gasteiger partial charge on any atom is -0.465 e. The third-order valence-electron chi connectivity index (χ3n) is 4.55. The Labute approximate surface area is 153 Å². The summed E-state index contributed by atoms with van der Waals surface area (Å²) in [5.41, 5.74) is -0.392. The molecule has 1 aromatic rings. The number of aliphatic hydroxyl groups is 1. The van der Waals surface area contributed by atoms with Crippen LogP contribution in [0.2, 0.25) is 0 Å². The Morgan fingerprint density at radius 1 is 1.24 bits per heavy atom. The number of benzene rings is 1. The highest BCUT2D eigenvalue weighted by atomic mass is 32.2. The van der Waals surface area contributed by atoms with Crippen LogP contribution >= 0.6 is 12.0 Å². The normalized spacial score (nSPS) is 16.0. The Balaban J connectivity index is 2.24. The van der Waals surface area contributed by atoms with E-state index in [9.17, 15) is 9.90 Å². The van der Waals surface area contributed by atoms with Crippen molar-refractivity contribution in [2.24, 2.45) is 0 Å². The second-order valence-electron chi connectivity index (χ2n) is 7.01. The zero-order valence-electron chi connectivity index (χ0n) is 15.5. The fourth-order valence-corrected chi connectivity index (χ4v) is 2.96. The maximum atomic E-state index is 12.1. The van der Waals surface area contributed by atoms with Crippen LogP contribution in [0.15, 0.2) is 23.1 Å². The SMILES string of the molecule is COC(=O)c1ccc(SOC(C)(C)C(C)(C)O)cc1N1CCOCC1. The molecule has 1 N–H and O–H groups in total. The molecule has 0 atom stereocenters. The minimum atomic E-state index is -0.987. The van der Waals surface area contributed by atoms with E-state index >= 15 is 0 Å². The molecule has 0 amide bonds. The van der Waals surface area contributed by atoms with Crippen molar-refractivity contribution < 1.29 is 23.6 Å². The van der Waals surface area contributed by atoms with Crippen molar-refractivity contribution in [3.63, 3.8) is 0 Å². The monoisotopic (exact) mass is 369 g/mol. The van der Waals surface area contributed by atoms with Crippen LogP contribution in [-0.4, -0.2) is 55.7 Å². The van der Waals surface area contributed by atoms with Crippen molar-refractivity contribution in [3.8, 4) is 0 Å². The highest BCUT2D eigenvalue weighted by Gasteiger charge is 2.37. The number of morpholine rings is 1. The molecular weight excluding hydrogens is 342 g/mol. The molecule has 1 saturated heterocycles. The molecule has 0 unspecified atom stereocenters. The van der Waals surface area contributed by atoms with Crippen LogP contribution in [0.1, 0.15) is 38.1 Å². The lowest BCUT2D eigenvalue weighted by molar-refractivity contribution is -0.0813. The lowest BCUT2D eigenvalue weighted by Crippen LogP contribution is -2.45. The van der Waals surface area contributed by atoms with Gasteiger partial charge < -0.3 is 23.7 Å². The first-order valence-corrected chi connectivity index (χ1v) is 9.03. The summed E-state index contributed by atoms with van der Waals surface area (Å²) in [5, 5.41) is 10.2. The zero-order chi connectivity index (χ0) is 18.7. The Morgan fingerprint density at radius 3 is 2.44 bits per heavy atom. The molecule has 7 heteroatoms. The third kappa shape index (κ3) is 4.88. The average molecular weight is 369 g/mol. The van der Waals surface area contributed by atoms with Gasteiger partial charge in [-0.15, -0.1) is 0 Å². The molecular formula is C18H27NO5S. The van der Waals surface area contributed by atoms with Gasteiger partial charge >= 0.3 is 5.97 Å². The quantitative estimate of drug-likeness (QED) is 0.611. The van der Waals surface area contributed by atoms with E-state index in [1.54, 1.807) is 19.9 Å². The van der Waals surface area contributed by atoms with Gasteiger partial charge in [0.1, 0.15) is 5.60 Å². The van der Waals surface area contributed by atoms with Crippen molar-refractivity contribution in [3.05, 3.63) is 23.8 Å². The van der Waals surface area contributed by atoms with Crippen molar-refractivity contribution >= 4 is 23.7 Å². The van der Waals surface area contributed by atoms with Gasteiger partial charge in [-0.25, -0.2) is 4.79 Å². The number of nitrogens with zero attached hydrogens (tertiary/aromatic N) is 1. The van der Waals surface area contributed by atoms with Gasteiger partial charge in [0.05, 0.1) is 37.2 Å². The maximum absolute atomic E-state index is 12.1. The zero-order valence-corrected chi connectivity index (χ0v) is 16.3. The smallest absolute Gasteiger partial charge is 0.339 e. The van der Waals surface area contributed by atoms with Crippen molar-refractivity contribution in [2.45, 2.75) is 43.8 Å². The summed E-state index contributed by atoms with van der Waals surface area (Å²) in [5.74, 6) is -0.365. The molecule has 0 radical (unpaired) electrons. The Kier molecular flexibility index (Phi) is 6.37. The summed E-state index contributed by atoms with van der Waals surface area (Å²) in [7, 11) is 1.38. The number of hydrogen-bond acceptors (Lipinski definition) is 7. The number of ether oxygens (including phenoxy) is 2. The van der Waals surface area contributed by atoms with Gasteiger partial charge in [-0.1, -0.05) is 0 Å². The lowest BCUT2D eigenvalue weighted by atomic mass is 9.90. The van der Waals surface area contributed by atoms with Gasteiger partial charge in [0, 0.05) is 30.0 Å². The van der Waals surface area contributed by atoms with E-state index < -0.39 is 11.2 Å². The molecule has 1 heterocycles. The Bertz CT molecular complexity index is 606. The summed E-state index contributed by atoms with van der Waals surface area (Å²) in [4.78, 5) is 15.1. The largest absolute Gasteiger partial charge is 0.465 e. The van der Waals surface area contributed by atoms with E-state index in [4.69, 9.17) is 13.7 Å². The van der Waals surface area contributed by atoms with Crippen LogP contribution in [0.5, 0.6) is 0 Å². The van der Waals surface area contributed by atoms with Crippen LogP contribution in [-0.2, 0) is 13.7 Å². The first kappa shape index (κ1) is 20.0. The average Bonchev–Trinajstić information content (AvgIpc) is 2.59. The fraction of sp³-hybridized carbons (Fsp3) is 0.611. The van der Waals surface area contributed by atoms with Crippen LogP contribution in [0, 0.1) is 0 Å². The molecule has 1 aliphatic heterocycles. The molecule has 0 aliphatic carbocycles. The molecule has 140 valence electrons. The predicted octanol–water partition coefficient (Wildman–Crippen LogP) is 2.88. The van der Waals surface area contributed by atoms with Gasteiger partial charge in [0.15, 0.2) is 0 Å². The minimum absolute atomic E-state index is 0.365. The molecule has 2 rings (SSSR count). The maximum Gasteiger partial charge on any atom is 0.339 e. The van der Waals surface area contributed by atoms with Crippen LogP contribution in [0.4, 0.5) is 5.69 Å². The van der Waals surface area contributed by atoms with Gasteiger partial charge in [-0.05, 0) is 45.9 Å². The van der Waals surface area contributed by atoms with E-state index in [2.05, 4.69) is 4.90 Å². The van der Waals surface area contributed by atoms with Crippen LogP contribution < -0.4 is 4.90 Å². The molecule has 6 nitrogen and oxygen atoms in total. The number of carbonyl (C=O) groups is 1.